The molecule has 6 heteroatoms. The summed E-state index contributed by atoms with van der Waals surface area (Å²) in [6.45, 7) is 0. The van der Waals surface area contributed by atoms with Crippen molar-refractivity contribution in [1.82, 2.24) is 0 Å². The van der Waals surface area contributed by atoms with Gasteiger partial charge in [0.2, 0.25) is 0 Å². The fraction of sp³-hybridized carbons (Fsp3) is 0. The summed E-state index contributed by atoms with van der Waals surface area (Å²) in [6.07, 6.45) is 0. The molecule has 0 aliphatic rings. The van der Waals surface area contributed by atoms with Crippen molar-refractivity contribution in [2.75, 3.05) is 5.32 Å². The average molecular weight is 293 g/mol. The van der Waals surface area contributed by atoms with E-state index in [1.165, 1.54) is 18.2 Å². The van der Waals surface area contributed by atoms with Crippen LogP contribution in [-0.2, 0) is 0 Å². The summed E-state index contributed by atoms with van der Waals surface area (Å²) in [4.78, 5) is 23.3. The third-order valence-corrected chi connectivity index (χ3v) is 2.93. The predicted octanol–water partition coefficient (Wildman–Crippen LogP) is 2.83. The van der Waals surface area contributed by atoms with E-state index in [1.807, 2.05) is 0 Å². The molecule has 2 rings (SSSR count). The van der Waals surface area contributed by atoms with Crippen molar-refractivity contribution in [1.29, 1.82) is 0 Å². The number of benzene rings is 2. The normalized spacial score (nSPS) is 10.1. The van der Waals surface area contributed by atoms with Crippen LogP contribution in [0.15, 0.2) is 42.5 Å². The van der Waals surface area contributed by atoms with Crippen molar-refractivity contribution in [3.05, 3.63) is 64.4 Å². The molecule has 0 aliphatic carbocycles. The zero-order valence-corrected chi connectivity index (χ0v) is 10.9. The highest BCUT2D eigenvalue weighted by Gasteiger charge is 2.14. The first-order valence-electron chi connectivity index (χ1n) is 5.64. The molecule has 0 bridgehead atoms. The topological polar surface area (TPSA) is 72.2 Å². The largest absolute Gasteiger partial charge is 0.366 e. The summed E-state index contributed by atoms with van der Waals surface area (Å²) in [5.41, 5.74) is 5.77. The lowest BCUT2D eigenvalue weighted by molar-refractivity contribution is 0.100. The highest BCUT2D eigenvalue weighted by Crippen LogP contribution is 2.20. The quantitative estimate of drug-likeness (QED) is 0.913. The van der Waals surface area contributed by atoms with E-state index >= 15 is 0 Å². The Kier molecular flexibility index (Phi) is 4.00. The summed E-state index contributed by atoms with van der Waals surface area (Å²) in [5.74, 6) is -1.75. The summed E-state index contributed by atoms with van der Waals surface area (Å²) in [5, 5.41) is 2.51. The molecule has 2 amide bonds. The Morgan fingerprint density at radius 3 is 2.45 bits per heavy atom. The Hall–Kier alpha value is -2.40. The van der Waals surface area contributed by atoms with Crippen molar-refractivity contribution in [3.63, 3.8) is 0 Å². The van der Waals surface area contributed by atoms with E-state index in [9.17, 15) is 14.0 Å². The molecule has 102 valence electrons. The standard InChI is InChI=1S/C14H10ClFN2O2/c15-11-7-8(16)5-6-9(11)14(20)18-12-4-2-1-3-10(12)13(17)19/h1-7H,(H2,17,19)(H,18,20). The molecule has 4 nitrogen and oxygen atoms in total. The van der Waals surface area contributed by atoms with Gasteiger partial charge in [-0.15, -0.1) is 0 Å². The third kappa shape index (κ3) is 2.95. The SMILES string of the molecule is NC(=O)c1ccccc1NC(=O)c1ccc(F)cc1Cl. The second kappa shape index (κ2) is 5.71. The minimum Gasteiger partial charge on any atom is -0.366 e. The smallest absolute Gasteiger partial charge is 0.257 e. The lowest BCUT2D eigenvalue weighted by Gasteiger charge is -2.09. The molecule has 0 fully saturated rings. The number of para-hydroxylation sites is 1. The Morgan fingerprint density at radius 1 is 1.10 bits per heavy atom. The molecule has 0 aliphatic heterocycles. The summed E-state index contributed by atoms with van der Waals surface area (Å²) in [6, 6.07) is 9.73. The number of hydrogen-bond acceptors (Lipinski definition) is 2. The fourth-order valence-corrected chi connectivity index (χ4v) is 1.92. The second-order valence-corrected chi connectivity index (χ2v) is 4.40. The van der Waals surface area contributed by atoms with E-state index in [0.717, 1.165) is 12.1 Å². The van der Waals surface area contributed by atoms with Gasteiger partial charge >= 0.3 is 0 Å². The molecule has 2 aromatic carbocycles. The Bertz CT molecular complexity index is 689. The maximum absolute atomic E-state index is 12.9. The number of amides is 2. The Balaban J connectivity index is 2.30. The van der Waals surface area contributed by atoms with Gasteiger partial charge in [0.05, 0.1) is 21.8 Å². The van der Waals surface area contributed by atoms with Gasteiger partial charge in [0, 0.05) is 0 Å². The van der Waals surface area contributed by atoms with Crippen molar-refractivity contribution in [2.24, 2.45) is 5.73 Å². The monoisotopic (exact) mass is 292 g/mol. The molecule has 0 aromatic heterocycles. The van der Waals surface area contributed by atoms with Crippen LogP contribution in [0.3, 0.4) is 0 Å². The molecule has 2 aromatic rings. The molecule has 0 unspecified atom stereocenters. The van der Waals surface area contributed by atoms with Gasteiger partial charge in [-0.1, -0.05) is 23.7 Å². The minimum absolute atomic E-state index is 0.0148. The Morgan fingerprint density at radius 2 is 1.80 bits per heavy atom. The van der Waals surface area contributed by atoms with E-state index in [2.05, 4.69) is 5.32 Å². The highest BCUT2D eigenvalue weighted by molar-refractivity contribution is 6.34. The maximum atomic E-state index is 12.9. The first-order valence-corrected chi connectivity index (χ1v) is 6.02. The summed E-state index contributed by atoms with van der Waals surface area (Å²) < 4.78 is 12.9. The average Bonchev–Trinajstić information content (AvgIpc) is 2.38. The minimum atomic E-state index is -0.661. The molecule has 0 spiro atoms. The predicted molar refractivity (Wildman–Crippen MR) is 74.3 cm³/mol. The van der Waals surface area contributed by atoms with Crippen LogP contribution in [0.4, 0.5) is 10.1 Å². The number of nitrogens with two attached hydrogens (primary N) is 1. The molecular weight excluding hydrogens is 283 g/mol. The van der Waals surface area contributed by atoms with E-state index in [4.69, 9.17) is 17.3 Å². The van der Waals surface area contributed by atoms with E-state index in [-0.39, 0.29) is 21.8 Å². The number of hydrogen-bond donors (Lipinski definition) is 2. The molecule has 0 saturated carbocycles. The van der Waals surface area contributed by atoms with Crippen LogP contribution in [-0.4, -0.2) is 11.8 Å². The van der Waals surface area contributed by atoms with Crippen molar-refractivity contribution >= 4 is 29.1 Å². The summed E-state index contributed by atoms with van der Waals surface area (Å²) in [7, 11) is 0. The lowest BCUT2D eigenvalue weighted by atomic mass is 10.1. The van der Waals surface area contributed by atoms with Gasteiger partial charge < -0.3 is 11.1 Å². The molecule has 0 radical (unpaired) electrons. The number of carbonyl (C=O) groups excluding carboxylic acids is 2. The van der Waals surface area contributed by atoms with Crippen LogP contribution >= 0.6 is 11.6 Å². The van der Waals surface area contributed by atoms with Gasteiger partial charge in [-0.3, -0.25) is 9.59 Å². The van der Waals surface area contributed by atoms with Crippen molar-refractivity contribution in [3.8, 4) is 0 Å². The first-order chi connectivity index (χ1) is 9.49. The van der Waals surface area contributed by atoms with Gasteiger partial charge in [0.1, 0.15) is 5.82 Å². The zero-order chi connectivity index (χ0) is 14.7. The number of primary amides is 1. The molecule has 3 N–H and O–H groups in total. The van der Waals surface area contributed by atoms with Gasteiger partial charge in [-0.25, -0.2) is 4.39 Å². The van der Waals surface area contributed by atoms with Crippen LogP contribution in [0.25, 0.3) is 0 Å². The number of carbonyl (C=O) groups is 2. The molecule has 20 heavy (non-hydrogen) atoms. The van der Waals surface area contributed by atoms with Crippen LogP contribution in [0.5, 0.6) is 0 Å². The van der Waals surface area contributed by atoms with Crippen LogP contribution in [0.2, 0.25) is 5.02 Å². The van der Waals surface area contributed by atoms with E-state index in [1.54, 1.807) is 12.1 Å². The summed E-state index contributed by atoms with van der Waals surface area (Å²) >= 11 is 5.80. The first kappa shape index (κ1) is 14.0. The Labute approximate surface area is 119 Å². The van der Waals surface area contributed by atoms with Gasteiger partial charge in [-0.05, 0) is 30.3 Å². The van der Waals surface area contributed by atoms with Crippen molar-refractivity contribution < 1.29 is 14.0 Å². The molecular formula is C14H10ClFN2O2. The van der Waals surface area contributed by atoms with Gasteiger partial charge in [0.15, 0.2) is 0 Å². The van der Waals surface area contributed by atoms with Crippen LogP contribution in [0, 0.1) is 5.82 Å². The number of halogens is 2. The van der Waals surface area contributed by atoms with E-state index in [0.29, 0.717) is 0 Å². The molecule has 0 atom stereocenters. The number of anilines is 1. The third-order valence-electron chi connectivity index (χ3n) is 2.62. The maximum Gasteiger partial charge on any atom is 0.257 e. The highest BCUT2D eigenvalue weighted by atomic mass is 35.5. The van der Waals surface area contributed by atoms with Gasteiger partial charge in [-0.2, -0.15) is 0 Å². The van der Waals surface area contributed by atoms with Crippen molar-refractivity contribution in [2.45, 2.75) is 0 Å². The number of nitrogens with one attached hydrogen (secondary N) is 1. The van der Waals surface area contributed by atoms with Crippen LogP contribution < -0.4 is 11.1 Å². The lowest BCUT2D eigenvalue weighted by Crippen LogP contribution is -2.18. The molecule has 0 saturated heterocycles. The van der Waals surface area contributed by atoms with Gasteiger partial charge in [0.25, 0.3) is 11.8 Å². The number of rotatable bonds is 3. The second-order valence-electron chi connectivity index (χ2n) is 3.99. The molecule has 0 heterocycles. The zero-order valence-electron chi connectivity index (χ0n) is 10.2. The van der Waals surface area contributed by atoms with E-state index < -0.39 is 17.6 Å². The van der Waals surface area contributed by atoms with Crippen LogP contribution in [0.1, 0.15) is 20.7 Å². The fourth-order valence-electron chi connectivity index (χ4n) is 1.67.